The van der Waals surface area contributed by atoms with Crippen molar-refractivity contribution in [3.8, 4) is 0 Å². The Morgan fingerprint density at radius 2 is 2.33 bits per heavy atom. The normalized spacial score (nSPS) is 20.6. The zero-order chi connectivity index (χ0) is 15.6. The molecule has 1 aliphatic rings. The van der Waals surface area contributed by atoms with Gasteiger partial charge in [-0.25, -0.2) is 4.79 Å². The van der Waals surface area contributed by atoms with Gasteiger partial charge in [-0.3, -0.25) is 11.3 Å². The molecule has 1 amide bonds. The lowest BCUT2D eigenvalue weighted by Crippen LogP contribution is -2.38. The molecule has 0 aliphatic carbocycles. The summed E-state index contributed by atoms with van der Waals surface area (Å²) in [6, 6.07) is 1.83. The maximum absolute atomic E-state index is 12.1. The Bertz CT molecular complexity index is 501. The van der Waals surface area contributed by atoms with Crippen molar-refractivity contribution in [3.05, 3.63) is 21.3 Å². The summed E-state index contributed by atoms with van der Waals surface area (Å²) in [6.45, 7) is 6.91. The van der Waals surface area contributed by atoms with E-state index >= 15 is 0 Å². The summed E-state index contributed by atoms with van der Waals surface area (Å²) in [7, 11) is 0. The van der Waals surface area contributed by atoms with Crippen LogP contribution in [0.4, 0.5) is 4.79 Å². The number of nitrogens with one attached hydrogen (secondary N) is 1. The minimum absolute atomic E-state index is 0.0371. The Kier molecular flexibility index (Phi) is 5.14. The smallest absolute Gasteiger partial charge is 0.410 e. The van der Waals surface area contributed by atoms with Crippen LogP contribution < -0.4 is 11.3 Å². The second kappa shape index (κ2) is 6.52. The van der Waals surface area contributed by atoms with Gasteiger partial charge in [0.05, 0.1) is 11.1 Å². The van der Waals surface area contributed by atoms with Gasteiger partial charge in [0.2, 0.25) is 0 Å². The van der Waals surface area contributed by atoms with Gasteiger partial charge in [-0.15, -0.1) is 11.3 Å². The van der Waals surface area contributed by atoms with Crippen LogP contribution in [0.3, 0.4) is 0 Å². The predicted molar refractivity (Wildman–Crippen MR) is 85.3 cm³/mol. The molecule has 0 radical (unpaired) electrons. The first kappa shape index (κ1) is 16.5. The highest BCUT2D eigenvalue weighted by Crippen LogP contribution is 2.36. The van der Waals surface area contributed by atoms with Gasteiger partial charge in [0, 0.05) is 18.0 Å². The summed E-state index contributed by atoms with van der Waals surface area (Å²) in [4.78, 5) is 14.9. The summed E-state index contributed by atoms with van der Waals surface area (Å²) in [5.74, 6) is 5.93. The molecule has 1 aliphatic heterocycles. The van der Waals surface area contributed by atoms with E-state index < -0.39 is 5.60 Å². The van der Waals surface area contributed by atoms with Crippen molar-refractivity contribution in [1.29, 1.82) is 0 Å². The Morgan fingerprint density at radius 3 is 2.86 bits per heavy atom. The van der Waals surface area contributed by atoms with E-state index in [9.17, 15) is 4.79 Å². The lowest BCUT2D eigenvalue weighted by Gasteiger charge is -2.26. The molecule has 21 heavy (non-hydrogen) atoms. The van der Waals surface area contributed by atoms with E-state index in [0.29, 0.717) is 13.1 Å². The van der Waals surface area contributed by atoms with Crippen molar-refractivity contribution in [2.24, 2.45) is 11.8 Å². The van der Waals surface area contributed by atoms with Crippen molar-refractivity contribution in [1.82, 2.24) is 10.3 Å². The molecule has 1 aromatic heterocycles. The molecule has 0 spiro atoms. The average molecular weight is 332 g/mol. The van der Waals surface area contributed by atoms with Crippen LogP contribution in [0.25, 0.3) is 0 Å². The van der Waals surface area contributed by atoms with Crippen LogP contribution >= 0.6 is 22.9 Å². The van der Waals surface area contributed by atoms with Gasteiger partial charge in [-0.2, -0.15) is 0 Å². The number of carbonyl (C=O) groups is 1. The largest absolute Gasteiger partial charge is 0.444 e. The summed E-state index contributed by atoms with van der Waals surface area (Å²) in [5.41, 5.74) is 2.37. The number of likely N-dealkylation sites (tertiary alicyclic amines) is 1. The summed E-state index contributed by atoms with van der Waals surface area (Å²) >= 11 is 7.77. The molecule has 1 fully saturated rings. The molecule has 2 unspecified atom stereocenters. The molecule has 0 saturated carbocycles. The zero-order valence-electron chi connectivity index (χ0n) is 12.6. The fourth-order valence-corrected chi connectivity index (χ4v) is 3.83. The Hall–Kier alpha value is -0.820. The van der Waals surface area contributed by atoms with Crippen LogP contribution in [0.5, 0.6) is 0 Å². The van der Waals surface area contributed by atoms with Gasteiger partial charge >= 0.3 is 6.09 Å². The molecule has 2 heterocycles. The monoisotopic (exact) mass is 331 g/mol. The molecule has 0 aromatic carbocycles. The molecular formula is C14H22ClN3O2S. The van der Waals surface area contributed by atoms with Gasteiger partial charge in [0.15, 0.2) is 0 Å². The van der Waals surface area contributed by atoms with Crippen molar-refractivity contribution in [3.63, 3.8) is 0 Å². The van der Waals surface area contributed by atoms with E-state index in [2.05, 4.69) is 5.43 Å². The van der Waals surface area contributed by atoms with E-state index in [-0.39, 0.29) is 18.1 Å². The Labute approximate surface area is 134 Å². The lowest BCUT2D eigenvalue weighted by molar-refractivity contribution is 0.0285. The van der Waals surface area contributed by atoms with Gasteiger partial charge in [-0.05, 0) is 44.6 Å². The van der Waals surface area contributed by atoms with Crippen molar-refractivity contribution in [2.75, 3.05) is 13.1 Å². The number of hydrazine groups is 1. The van der Waals surface area contributed by atoms with Gasteiger partial charge in [0.25, 0.3) is 0 Å². The highest BCUT2D eigenvalue weighted by molar-refractivity contribution is 7.10. The van der Waals surface area contributed by atoms with Gasteiger partial charge < -0.3 is 9.64 Å². The first-order valence-corrected chi connectivity index (χ1v) is 8.24. The number of carbonyl (C=O) groups excluding carboxylic acids is 1. The van der Waals surface area contributed by atoms with E-state index in [1.54, 1.807) is 16.2 Å². The quantitative estimate of drug-likeness (QED) is 0.659. The maximum atomic E-state index is 12.1. The van der Waals surface area contributed by atoms with Crippen LogP contribution in [0.15, 0.2) is 11.4 Å². The van der Waals surface area contributed by atoms with Crippen LogP contribution in [0.2, 0.25) is 5.02 Å². The third kappa shape index (κ3) is 4.10. The van der Waals surface area contributed by atoms with E-state index in [0.717, 1.165) is 16.3 Å². The minimum atomic E-state index is -0.474. The summed E-state index contributed by atoms with van der Waals surface area (Å²) < 4.78 is 5.41. The number of halogens is 1. The highest BCUT2D eigenvalue weighted by atomic mass is 35.5. The number of nitrogens with zero attached hydrogens (tertiary/aromatic N) is 1. The number of thiophene rings is 1. The molecule has 2 rings (SSSR count). The van der Waals surface area contributed by atoms with Crippen molar-refractivity contribution < 1.29 is 9.53 Å². The highest BCUT2D eigenvalue weighted by Gasteiger charge is 2.35. The van der Waals surface area contributed by atoms with E-state index in [4.69, 9.17) is 22.2 Å². The second-order valence-corrected chi connectivity index (χ2v) is 7.61. The van der Waals surface area contributed by atoms with Crippen LogP contribution in [-0.4, -0.2) is 29.7 Å². The maximum Gasteiger partial charge on any atom is 0.410 e. The molecular weight excluding hydrogens is 310 g/mol. The third-order valence-electron chi connectivity index (χ3n) is 3.45. The SMILES string of the molecule is CC(C)(C)OC(=O)N1CCC(C(NN)c2sccc2Cl)C1. The lowest BCUT2D eigenvalue weighted by atomic mass is 9.98. The van der Waals surface area contributed by atoms with Crippen LogP contribution in [0.1, 0.15) is 38.1 Å². The number of amides is 1. The minimum Gasteiger partial charge on any atom is -0.444 e. The Balaban J connectivity index is 2.01. The average Bonchev–Trinajstić information content (AvgIpc) is 2.99. The third-order valence-corrected chi connectivity index (χ3v) is 4.90. The fourth-order valence-electron chi connectivity index (χ4n) is 2.50. The standard InChI is InChI=1S/C14H22ClN3O2S/c1-14(2,3)20-13(19)18-6-4-9(8-18)11(17-16)12-10(15)5-7-21-12/h5,7,9,11,17H,4,6,8,16H2,1-3H3. The van der Waals surface area contributed by atoms with Gasteiger partial charge in [0.1, 0.15) is 5.60 Å². The second-order valence-electron chi connectivity index (χ2n) is 6.25. The number of hydrogen-bond donors (Lipinski definition) is 2. The number of ether oxygens (including phenoxy) is 1. The molecule has 3 N–H and O–H groups in total. The van der Waals surface area contributed by atoms with Crippen molar-refractivity contribution >= 4 is 29.0 Å². The first-order valence-electron chi connectivity index (χ1n) is 6.99. The number of hydrogen-bond acceptors (Lipinski definition) is 5. The predicted octanol–water partition coefficient (Wildman–Crippen LogP) is 3.16. The van der Waals surface area contributed by atoms with Gasteiger partial charge in [-0.1, -0.05) is 11.6 Å². The number of nitrogens with two attached hydrogens (primary N) is 1. The Morgan fingerprint density at radius 1 is 1.62 bits per heavy atom. The first-order chi connectivity index (χ1) is 9.81. The molecule has 2 atom stereocenters. The molecule has 1 saturated heterocycles. The summed E-state index contributed by atoms with van der Waals surface area (Å²) in [6.07, 6.45) is 0.612. The molecule has 118 valence electrons. The zero-order valence-corrected chi connectivity index (χ0v) is 14.1. The van der Waals surface area contributed by atoms with Crippen molar-refractivity contribution in [2.45, 2.75) is 38.8 Å². The molecule has 1 aromatic rings. The van der Waals surface area contributed by atoms with Crippen LogP contribution in [-0.2, 0) is 4.74 Å². The van der Waals surface area contributed by atoms with E-state index in [1.165, 1.54) is 0 Å². The molecule has 7 heteroatoms. The van der Waals surface area contributed by atoms with Crippen LogP contribution in [0, 0.1) is 5.92 Å². The fraction of sp³-hybridized carbons (Fsp3) is 0.643. The number of rotatable bonds is 3. The topological polar surface area (TPSA) is 67.6 Å². The molecule has 0 bridgehead atoms. The van der Waals surface area contributed by atoms with E-state index in [1.807, 2.05) is 32.2 Å². The summed E-state index contributed by atoms with van der Waals surface area (Å²) in [5, 5.41) is 2.67. The molecule has 5 nitrogen and oxygen atoms in total.